The molecule has 2 aromatic carbocycles. The largest absolute Gasteiger partial charge is 0.452 e. The van der Waals surface area contributed by atoms with Crippen molar-refractivity contribution in [3.05, 3.63) is 59.2 Å². The molecular formula is C21H22N4O3. The molecule has 1 N–H and O–H groups in total. The van der Waals surface area contributed by atoms with Crippen LogP contribution in [0.1, 0.15) is 47.3 Å². The predicted octanol–water partition coefficient (Wildman–Crippen LogP) is 2.80. The fraction of sp³-hybridized carbons (Fsp3) is 0.333. The highest BCUT2D eigenvalue weighted by atomic mass is 16.5. The Morgan fingerprint density at radius 2 is 2.11 bits per heavy atom. The summed E-state index contributed by atoms with van der Waals surface area (Å²) in [5.41, 5.74) is 4.25. The van der Waals surface area contributed by atoms with E-state index >= 15 is 0 Å². The number of rotatable bonds is 5. The molecule has 1 heterocycles. The van der Waals surface area contributed by atoms with Gasteiger partial charge in [-0.1, -0.05) is 29.5 Å². The number of ether oxygens (including phenoxy) is 1. The van der Waals surface area contributed by atoms with Crippen LogP contribution in [0.2, 0.25) is 0 Å². The molecule has 1 atom stereocenters. The van der Waals surface area contributed by atoms with E-state index in [0.29, 0.717) is 17.6 Å². The van der Waals surface area contributed by atoms with Crippen molar-refractivity contribution < 1.29 is 14.3 Å². The minimum absolute atomic E-state index is 0.0309. The number of aromatic nitrogens is 3. The number of nitrogens with zero attached hydrogens (tertiary/aromatic N) is 3. The third-order valence-electron chi connectivity index (χ3n) is 5.09. The summed E-state index contributed by atoms with van der Waals surface area (Å²) in [6.07, 6.45) is 2.95. The number of esters is 1. The standard InChI is InChI=1S/C21H22N4O3/c1-2-25-19-11-10-15(12-18(19)23-24-25)21(27)28-13-20(26)22-17-9-5-7-14-6-3-4-8-16(14)17/h3-4,6,8,10-12,17H,2,5,7,9,13H2,1H3,(H,22,26)/t17-/m0/s1. The van der Waals surface area contributed by atoms with Crippen LogP contribution in [0.4, 0.5) is 0 Å². The first-order chi connectivity index (χ1) is 13.7. The van der Waals surface area contributed by atoms with Gasteiger partial charge in [-0.2, -0.15) is 0 Å². The lowest BCUT2D eigenvalue weighted by molar-refractivity contribution is -0.125. The fourth-order valence-corrected chi connectivity index (χ4v) is 3.69. The molecule has 28 heavy (non-hydrogen) atoms. The van der Waals surface area contributed by atoms with Gasteiger partial charge in [-0.25, -0.2) is 9.48 Å². The molecule has 7 heteroatoms. The summed E-state index contributed by atoms with van der Waals surface area (Å²) < 4.78 is 6.95. The van der Waals surface area contributed by atoms with Crippen LogP contribution in [0.25, 0.3) is 11.0 Å². The van der Waals surface area contributed by atoms with E-state index in [1.807, 2.05) is 25.1 Å². The molecule has 0 bridgehead atoms. The second-order valence-electron chi connectivity index (χ2n) is 6.90. The molecule has 0 radical (unpaired) electrons. The highest BCUT2D eigenvalue weighted by Gasteiger charge is 2.22. The molecule has 4 rings (SSSR count). The van der Waals surface area contributed by atoms with Crippen LogP contribution in [0, 0.1) is 0 Å². The van der Waals surface area contributed by atoms with Crippen LogP contribution >= 0.6 is 0 Å². The van der Waals surface area contributed by atoms with E-state index in [4.69, 9.17) is 4.74 Å². The summed E-state index contributed by atoms with van der Waals surface area (Å²) in [4.78, 5) is 24.6. The zero-order chi connectivity index (χ0) is 19.5. The van der Waals surface area contributed by atoms with Gasteiger partial charge in [0.15, 0.2) is 6.61 Å². The van der Waals surface area contributed by atoms with Gasteiger partial charge in [-0.05, 0) is 55.5 Å². The number of nitrogens with one attached hydrogen (secondary N) is 1. The Balaban J connectivity index is 1.37. The third-order valence-corrected chi connectivity index (χ3v) is 5.09. The van der Waals surface area contributed by atoms with Crippen molar-refractivity contribution in [1.82, 2.24) is 20.3 Å². The molecule has 7 nitrogen and oxygen atoms in total. The molecule has 0 spiro atoms. The molecule has 1 aliphatic rings. The summed E-state index contributed by atoms with van der Waals surface area (Å²) in [5.74, 6) is -0.847. The van der Waals surface area contributed by atoms with Crippen LogP contribution in [-0.2, 0) is 22.5 Å². The molecular weight excluding hydrogens is 356 g/mol. The number of aryl methyl sites for hydroxylation is 2. The Morgan fingerprint density at radius 1 is 1.25 bits per heavy atom. The van der Waals surface area contributed by atoms with E-state index < -0.39 is 5.97 Å². The minimum Gasteiger partial charge on any atom is -0.452 e. The van der Waals surface area contributed by atoms with Gasteiger partial charge in [-0.15, -0.1) is 5.10 Å². The maximum absolute atomic E-state index is 12.3. The average molecular weight is 378 g/mol. The van der Waals surface area contributed by atoms with Gasteiger partial charge in [0.2, 0.25) is 0 Å². The van der Waals surface area contributed by atoms with Gasteiger partial charge in [-0.3, -0.25) is 4.79 Å². The van der Waals surface area contributed by atoms with E-state index in [1.165, 1.54) is 5.56 Å². The Morgan fingerprint density at radius 3 is 2.96 bits per heavy atom. The van der Waals surface area contributed by atoms with E-state index in [9.17, 15) is 9.59 Å². The lowest BCUT2D eigenvalue weighted by Crippen LogP contribution is -2.34. The van der Waals surface area contributed by atoms with E-state index in [0.717, 1.165) is 30.3 Å². The molecule has 1 amide bonds. The molecule has 0 saturated heterocycles. The maximum Gasteiger partial charge on any atom is 0.338 e. The van der Waals surface area contributed by atoms with E-state index in [1.54, 1.807) is 22.9 Å². The van der Waals surface area contributed by atoms with Crippen molar-refractivity contribution in [3.63, 3.8) is 0 Å². The van der Waals surface area contributed by atoms with Crippen molar-refractivity contribution in [2.75, 3.05) is 6.61 Å². The van der Waals surface area contributed by atoms with Gasteiger partial charge in [0.05, 0.1) is 17.1 Å². The first kappa shape index (κ1) is 18.2. The summed E-state index contributed by atoms with van der Waals surface area (Å²) in [5, 5.41) is 11.1. The molecule has 1 aromatic heterocycles. The average Bonchev–Trinajstić information content (AvgIpc) is 3.14. The molecule has 144 valence electrons. The molecule has 0 saturated carbocycles. The number of amides is 1. The zero-order valence-corrected chi connectivity index (χ0v) is 15.7. The first-order valence-electron chi connectivity index (χ1n) is 9.53. The third kappa shape index (κ3) is 3.60. The monoisotopic (exact) mass is 378 g/mol. The van der Waals surface area contributed by atoms with Crippen molar-refractivity contribution in [1.29, 1.82) is 0 Å². The highest BCUT2D eigenvalue weighted by Crippen LogP contribution is 2.29. The number of carbonyl (C=O) groups excluding carboxylic acids is 2. The zero-order valence-electron chi connectivity index (χ0n) is 15.7. The number of carbonyl (C=O) groups is 2. The van der Waals surface area contributed by atoms with Gasteiger partial charge in [0, 0.05) is 6.54 Å². The normalized spacial score (nSPS) is 15.8. The highest BCUT2D eigenvalue weighted by molar-refractivity contribution is 5.94. The fourth-order valence-electron chi connectivity index (χ4n) is 3.69. The number of fused-ring (bicyclic) bond motifs is 2. The van der Waals surface area contributed by atoms with E-state index in [2.05, 4.69) is 21.7 Å². The summed E-state index contributed by atoms with van der Waals surface area (Å²) in [6.45, 7) is 2.36. The smallest absolute Gasteiger partial charge is 0.338 e. The lowest BCUT2D eigenvalue weighted by Gasteiger charge is -2.26. The van der Waals surface area contributed by atoms with Crippen LogP contribution in [-0.4, -0.2) is 33.5 Å². The van der Waals surface area contributed by atoms with Gasteiger partial charge < -0.3 is 10.1 Å². The van der Waals surface area contributed by atoms with Crippen molar-refractivity contribution in [2.24, 2.45) is 0 Å². The van der Waals surface area contributed by atoms with Crippen LogP contribution in [0.15, 0.2) is 42.5 Å². The Labute approximate surface area is 162 Å². The number of hydrogen-bond acceptors (Lipinski definition) is 5. The summed E-state index contributed by atoms with van der Waals surface area (Å²) in [7, 11) is 0. The van der Waals surface area contributed by atoms with Gasteiger partial charge in [0.1, 0.15) is 5.52 Å². The maximum atomic E-state index is 12.3. The molecule has 0 fully saturated rings. The van der Waals surface area contributed by atoms with Crippen LogP contribution in [0.5, 0.6) is 0 Å². The van der Waals surface area contributed by atoms with E-state index in [-0.39, 0.29) is 18.6 Å². The van der Waals surface area contributed by atoms with Crippen LogP contribution in [0.3, 0.4) is 0 Å². The second-order valence-corrected chi connectivity index (χ2v) is 6.90. The lowest BCUT2D eigenvalue weighted by atomic mass is 9.88. The SMILES string of the molecule is CCn1nnc2cc(C(=O)OCC(=O)N[C@H]3CCCc4ccccc43)ccc21. The minimum atomic E-state index is -0.549. The summed E-state index contributed by atoms with van der Waals surface area (Å²) in [6, 6.07) is 13.2. The van der Waals surface area contributed by atoms with Gasteiger partial charge >= 0.3 is 5.97 Å². The number of hydrogen-bond donors (Lipinski definition) is 1. The Hall–Kier alpha value is -3.22. The second kappa shape index (κ2) is 7.80. The number of benzene rings is 2. The summed E-state index contributed by atoms with van der Waals surface area (Å²) >= 11 is 0. The van der Waals surface area contributed by atoms with Crippen molar-refractivity contribution in [3.8, 4) is 0 Å². The molecule has 3 aromatic rings. The Kier molecular flexibility index (Phi) is 5.06. The Bertz CT molecular complexity index is 1030. The van der Waals surface area contributed by atoms with Crippen LogP contribution < -0.4 is 5.32 Å². The molecule has 0 unspecified atom stereocenters. The van der Waals surface area contributed by atoms with Crippen molar-refractivity contribution in [2.45, 2.75) is 38.8 Å². The quantitative estimate of drug-likeness (QED) is 0.690. The molecule has 1 aliphatic carbocycles. The predicted molar refractivity (Wildman–Crippen MR) is 104 cm³/mol. The van der Waals surface area contributed by atoms with Crippen molar-refractivity contribution >= 4 is 22.9 Å². The van der Waals surface area contributed by atoms with Gasteiger partial charge in [0.25, 0.3) is 5.91 Å². The topological polar surface area (TPSA) is 86.1 Å². The first-order valence-corrected chi connectivity index (χ1v) is 9.53. The molecule has 0 aliphatic heterocycles.